The molecule has 3 aliphatic rings. The highest BCUT2D eigenvalue weighted by atomic mass is 16.5. The van der Waals surface area contributed by atoms with Crippen molar-refractivity contribution in [2.75, 3.05) is 32.8 Å². The highest BCUT2D eigenvalue weighted by molar-refractivity contribution is 5.80. The van der Waals surface area contributed by atoms with Crippen LogP contribution in [0.15, 0.2) is 30.3 Å². The summed E-state index contributed by atoms with van der Waals surface area (Å²) in [4.78, 5) is 29.3. The SMILES string of the molecule is O=C1CC2(CCN(C(=O)C3CCOCC3)CC2)CN1Cc1ccccc1. The predicted octanol–water partition coefficient (Wildman–Crippen LogP) is 2.45. The lowest BCUT2D eigenvalue weighted by Gasteiger charge is -2.40. The van der Waals surface area contributed by atoms with Crippen molar-refractivity contribution >= 4 is 11.8 Å². The number of amides is 2. The highest BCUT2D eigenvalue weighted by Gasteiger charge is 2.45. The standard InChI is InChI=1S/C21H28N2O3/c24-19-14-21(16-23(19)15-17-4-2-1-3-5-17)8-10-22(11-9-21)20(25)18-6-12-26-13-7-18/h1-5,18H,6-16H2. The highest BCUT2D eigenvalue weighted by Crippen LogP contribution is 2.41. The number of nitrogens with zero attached hydrogens (tertiary/aromatic N) is 2. The van der Waals surface area contributed by atoms with Gasteiger partial charge >= 0.3 is 0 Å². The average molecular weight is 356 g/mol. The molecule has 3 heterocycles. The third-order valence-corrected chi connectivity index (χ3v) is 6.33. The molecule has 0 aliphatic carbocycles. The fourth-order valence-corrected chi connectivity index (χ4v) is 4.67. The molecule has 0 unspecified atom stereocenters. The van der Waals surface area contributed by atoms with Gasteiger partial charge in [0.2, 0.25) is 11.8 Å². The second kappa shape index (κ2) is 7.39. The third kappa shape index (κ3) is 3.63. The van der Waals surface area contributed by atoms with E-state index in [4.69, 9.17) is 4.74 Å². The van der Waals surface area contributed by atoms with Gasteiger partial charge in [-0.3, -0.25) is 9.59 Å². The van der Waals surface area contributed by atoms with Gasteiger partial charge < -0.3 is 14.5 Å². The lowest BCUT2D eigenvalue weighted by Crippen LogP contribution is -2.47. The van der Waals surface area contributed by atoms with Crippen LogP contribution in [-0.4, -0.2) is 54.5 Å². The number of hydrogen-bond acceptors (Lipinski definition) is 3. The summed E-state index contributed by atoms with van der Waals surface area (Å²) < 4.78 is 5.37. The van der Waals surface area contributed by atoms with Crippen LogP contribution in [0.1, 0.15) is 37.7 Å². The molecule has 0 aromatic heterocycles. The van der Waals surface area contributed by atoms with Gasteiger partial charge in [0.05, 0.1) is 0 Å². The van der Waals surface area contributed by atoms with Crippen molar-refractivity contribution in [2.45, 2.75) is 38.6 Å². The lowest BCUT2D eigenvalue weighted by atomic mass is 9.77. The van der Waals surface area contributed by atoms with Crippen molar-refractivity contribution in [1.29, 1.82) is 0 Å². The van der Waals surface area contributed by atoms with Gasteiger partial charge in [-0.15, -0.1) is 0 Å². The molecule has 0 atom stereocenters. The Morgan fingerprint density at radius 2 is 1.81 bits per heavy atom. The van der Waals surface area contributed by atoms with Crippen molar-refractivity contribution < 1.29 is 14.3 Å². The Hall–Kier alpha value is -1.88. The second-order valence-electron chi connectivity index (χ2n) is 8.12. The predicted molar refractivity (Wildman–Crippen MR) is 98.3 cm³/mol. The number of carbonyl (C=O) groups excluding carboxylic acids is 2. The Morgan fingerprint density at radius 3 is 2.50 bits per heavy atom. The van der Waals surface area contributed by atoms with Gasteiger partial charge in [-0.1, -0.05) is 30.3 Å². The van der Waals surface area contributed by atoms with Crippen molar-refractivity contribution in [1.82, 2.24) is 9.80 Å². The Bertz CT molecular complexity index is 646. The lowest BCUT2D eigenvalue weighted by molar-refractivity contribution is -0.140. The zero-order valence-corrected chi connectivity index (χ0v) is 15.4. The van der Waals surface area contributed by atoms with Crippen LogP contribution >= 0.6 is 0 Å². The smallest absolute Gasteiger partial charge is 0.225 e. The summed E-state index contributed by atoms with van der Waals surface area (Å²) >= 11 is 0. The van der Waals surface area contributed by atoms with Crippen LogP contribution in [0.4, 0.5) is 0 Å². The minimum atomic E-state index is 0.0678. The molecule has 5 heteroatoms. The number of piperidine rings is 1. The maximum absolute atomic E-state index is 12.7. The zero-order valence-electron chi connectivity index (χ0n) is 15.4. The summed E-state index contributed by atoms with van der Waals surface area (Å²) in [6.07, 6.45) is 4.23. The molecule has 0 bridgehead atoms. The number of hydrogen-bond donors (Lipinski definition) is 0. The molecule has 3 aliphatic heterocycles. The minimum Gasteiger partial charge on any atom is -0.381 e. The van der Waals surface area contributed by atoms with E-state index >= 15 is 0 Å². The normalized spacial score (nSPS) is 23.6. The third-order valence-electron chi connectivity index (χ3n) is 6.33. The summed E-state index contributed by atoms with van der Waals surface area (Å²) in [5.74, 6) is 0.698. The fourth-order valence-electron chi connectivity index (χ4n) is 4.67. The van der Waals surface area contributed by atoms with Crippen molar-refractivity contribution in [3.8, 4) is 0 Å². The van der Waals surface area contributed by atoms with Crippen LogP contribution in [0.25, 0.3) is 0 Å². The van der Waals surface area contributed by atoms with Crippen LogP contribution in [0, 0.1) is 11.3 Å². The van der Waals surface area contributed by atoms with E-state index in [9.17, 15) is 9.59 Å². The van der Waals surface area contributed by atoms with E-state index in [1.807, 2.05) is 28.0 Å². The topological polar surface area (TPSA) is 49.9 Å². The molecule has 5 nitrogen and oxygen atoms in total. The second-order valence-corrected chi connectivity index (χ2v) is 8.12. The van der Waals surface area contributed by atoms with E-state index < -0.39 is 0 Å². The molecule has 3 saturated heterocycles. The van der Waals surface area contributed by atoms with Crippen molar-refractivity contribution in [2.24, 2.45) is 11.3 Å². The van der Waals surface area contributed by atoms with Crippen LogP contribution in [0.2, 0.25) is 0 Å². The molecule has 0 N–H and O–H groups in total. The molecule has 26 heavy (non-hydrogen) atoms. The van der Waals surface area contributed by atoms with Gasteiger partial charge in [-0.25, -0.2) is 0 Å². The first kappa shape index (κ1) is 17.5. The van der Waals surface area contributed by atoms with E-state index in [-0.39, 0.29) is 17.2 Å². The molecule has 1 spiro atoms. The summed E-state index contributed by atoms with van der Waals surface area (Å²) in [5, 5.41) is 0. The Balaban J connectivity index is 1.33. The number of ether oxygens (including phenoxy) is 1. The maximum atomic E-state index is 12.7. The summed E-state index contributed by atoms with van der Waals surface area (Å²) in [6.45, 7) is 4.53. The van der Waals surface area contributed by atoms with Crippen LogP contribution < -0.4 is 0 Å². The molecule has 2 amide bonds. The first-order chi connectivity index (χ1) is 12.7. The first-order valence-corrected chi connectivity index (χ1v) is 9.83. The Kier molecular flexibility index (Phi) is 4.98. The van der Waals surface area contributed by atoms with Gasteiger partial charge in [0.25, 0.3) is 0 Å². The molecular formula is C21H28N2O3. The van der Waals surface area contributed by atoms with E-state index in [0.717, 1.165) is 45.3 Å². The maximum Gasteiger partial charge on any atom is 0.225 e. The molecule has 0 saturated carbocycles. The van der Waals surface area contributed by atoms with Gasteiger partial charge in [0.1, 0.15) is 0 Å². The van der Waals surface area contributed by atoms with Crippen LogP contribution in [0.3, 0.4) is 0 Å². The van der Waals surface area contributed by atoms with Gasteiger partial charge in [0.15, 0.2) is 0 Å². The fraction of sp³-hybridized carbons (Fsp3) is 0.619. The van der Waals surface area contributed by atoms with Gasteiger partial charge in [-0.2, -0.15) is 0 Å². The van der Waals surface area contributed by atoms with E-state index in [1.165, 1.54) is 5.56 Å². The average Bonchev–Trinajstić information content (AvgIpc) is 2.98. The first-order valence-electron chi connectivity index (χ1n) is 9.83. The number of carbonyl (C=O) groups is 2. The Labute approximate surface area is 155 Å². The number of likely N-dealkylation sites (tertiary alicyclic amines) is 2. The van der Waals surface area contributed by atoms with E-state index in [2.05, 4.69) is 12.1 Å². The minimum absolute atomic E-state index is 0.0678. The monoisotopic (exact) mass is 356 g/mol. The summed E-state index contributed by atoms with van der Waals surface area (Å²) in [5.41, 5.74) is 1.25. The molecule has 1 aromatic rings. The van der Waals surface area contributed by atoms with Crippen LogP contribution in [0.5, 0.6) is 0 Å². The van der Waals surface area contributed by atoms with Crippen molar-refractivity contribution in [3.05, 3.63) is 35.9 Å². The van der Waals surface area contributed by atoms with Gasteiger partial charge in [0, 0.05) is 57.1 Å². The van der Waals surface area contributed by atoms with Crippen molar-refractivity contribution in [3.63, 3.8) is 0 Å². The molecule has 140 valence electrons. The molecule has 1 aromatic carbocycles. The zero-order chi connectivity index (χ0) is 18.0. The number of benzene rings is 1. The molecule has 0 radical (unpaired) electrons. The molecule has 3 fully saturated rings. The number of rotatable bonds is 3. The summed E-state index contributed by atoms with van der Waals surface area (Å²) in [7, 11) is 0. The summed E-state index contributed by atoms with van der Waals surface area (Å²) in [6, 6.07) is 10.2. The largest absolute Gasteiger partial charge is 0.381 e. The van der Waals surface area contributed by atoms with E-state index in [0.29, 0.717) is 32.1 Å². The Morgan fingerprint density at radius 1 is 1.12 bits per heavy atom. The molecule has 4 rings (SSSR count). The molecular weight excluding hydrogens is 328 g/mol. The van der Waals surface area contributed by atoms with E-state index in [1.54, 1.807) is 0 Å². The van der Waals surface area contributed by atoms with Gasteiger partial charge in [-0.05, 0) is 31.2 Å². The quantitative estimate of drug-likeness (QED) is 0.836. The van der Waals surface area contributed by atoms with Crippen LogP contribution in [-0.2, 0) is 20.9 Å².